The third-order valence-electron chi connectivity index (χ3n) is 4.53. The lowest BCUT2D eigenvalue weighted by Crippen LogP contribution is -2.62. The zero-order valence-corrected chi connectivity index (χ0v) is 13.7. The Morgan fingerprint density at radius 1 is 1.17 bits per heavy atom. The number of halogens is 1. The van der Waals surface area contributed by atoms with Crippen molar-refractivity contribution in [2.75, 3.05) is 19.0 Å². The van der Waals surface area contributed by atoms with Crippen molar-refractivity contribution in [2.45, 2.75) is 32.0 Å². The van der Waals surface area contributed by atoms with E-state index < -0.39 is 0 Å². The van der Waals surface area contributed by atoms with Crippen LogP contribution in [0.15, 0.2) is 24.3 Å². The lowest BCUT2D eigenvalue weighted by Gasteiger charge is -2.45. The van der Waals surface area contributed by atoms with Crippen LogP contribution in [-0.2, 0) is 22.7 Å². The first-order valence-electron chi connectivity index (χ1n) is 7.95. The van der Waals surface area contributed by atoms with Gasteiger partial charge in [-0.2, -0.15) is 0 Å². The highest BCUT2D eigenvalue weighted by Crippen LogP contribution is 2.33. The molecule has 6 heteroatoms. The molecule has 1 N–H and O–H groups in total. The van der Waals surface area contributed by atoms with Gasteiger partial charge in [0.05, 0.1) is 12.6 Å². The number of benzene rings is 1. The fourth-order valence-corrected chi connectivity index (χ4v) is 3.02. The van der Waals surface area contributed by atoms with Crippen molar-refractivity contribution in [3.8, 4) is 0 Å². The van der Waals surface area contributed by atoms with Crippen LogP contribution in [0.4, 0.5) is 0 Å². The maximum absolute atomic E-state index is 12.1. The summed E-state index contributed by atoms with van der Waals surface area (Å²) in [6.45, 7) is 1.69. The highest BCUT2D eigenvalue weighted by molar-refractivity contribution is 6.27. The number of rotatable bonds is 6. The summed E-state index contributed by atoms with van der Waals surface area (Å²) in [6, 6.07) is 7.56. The summed E-state index contributed by atoms with van der Waals surface area (Å²) < 4.78 is 0. The maximum Gasteiger partial charge on any atom is 0.238 e. The van der Waals surface area contributed by atoms with Gasteiger partial charge in [-0.05, 0) is 24.0 Å². The highest BCUT2D eigenvalue weighted by Gasteiger charge is 2.41. The van der Waals surface area contributed by atoms with Gasteiger partial charge in [-0.25, -0.2) is 0 Å². The molecule has 1 aliphatic heterocycles. The van der Waals surface area contributed by atoms with Gasteiger partial charge in [0.15, 0.2) is 0 Å². The normalized spacial score (nSPS) is 17.7. The molecule has 1 saturated carbocycles. The second-order valence-electron chi connectivity index (χ2n) is 6.30. The Bertz CT molecular complexity index is 580. The fourth-order valence-electron chi connectivity index (χ4n) is 2.87. The van der Waals surface area contributed by atoms with Gasteiger partial charge in [-0.3, -0.25) is 9.59 Å². The van der Waals surface area contributed by atoms with Gasteiger partial charge < -0.3 is 14.9 Å². The molecule has 3 rings (SSSR count). The summed E-state index contributed by atoms with van der Waals surface area (Å²) in [5.74, 6) is 0.286. The average Bonchev–Trinajstić information content (AvgIpc) is 3.37. The Hall–Kier alpha value is -1.59. The van der Waals surface area contributed by atoms with Crippen LogP contribution in [0.25, 0.3) is 0 Å². The van der Waals surface area contributed by atoms with Crippen LogP contribution < -0.4 is 0 Å². The molecule has 124 valence electrons. The van der Waals surface area contributed by atoms with E-state index in [1.165, 1.54) is 0 Å². The lowest BCUT2D eigenvalue weighted by molar-refractivity contribution is -0.146. The van der Waals surface area contributed by atoms with Crippen LogP contribution in [0.3, 0.4) is 0 Å². The Balaban J connectivity index is 1.61. The van der Waals surface area contributed by atoms with Crippen LogP contribution in [0.2, 0.25) is 0 Å². The van der Waals surface area contributed by atoms with Crippen LogP contribution in [0, 0.1) is 5.92 Å². The van der Waals surface area contributed by atoms with Gasteiger partial charge >= 0.3 is 0 Å². The molecule has 1 aromatic rings. The third-order valence-corrected chi connectivity index (χ3v) is 4.76. The lowest BCUT2D eigenvalue weighted by atomic mass is 10.0. The minimum atomic E-state index is -0.110. The van der Waals surface area contributed by atoms with E-state index in [1.54, 1.807) is 4.90 Å². The zero-order valence-electron chi connectivity index (χ0n) is 12.9. The maximum atomic E-state index is 12.1. The summed E-state index contributed by atoms with van der Waals surface area (Å²) in [7, 11) is 0. The topological polar surface area (TPSA) is 60.9 Å². The number of hydrogen-bond acceptors (Lipinski definition) is 3. The van der Waals surface area contributed by atoms with E-state index in [-0.39, 0.29) is 36.3 Å². The molecule has 23 heavy (non-hydrogen) atoms. The monoisotopic (exact) mass is 336 g/mol. The number of likely N-dealkylation sites (tertiary alicyclic amines) is 1. The van der Waals surface area contributed by atoms with Gasteiger partial charge in [0, 0.05) is 25.6 Å². The molecule has 0 aromatic heterocycles. The number of carbonyl (C=O) groups excluding carboxylic acids is 2. The Kier molecular flexibility index (Phi) is 4.87. The third kappa shape index (κ3) is 3.67. The van der Waals surface area contributed by atoms with Gasteiger partial charge in [0.2, 0.25) is 11.8 Å². The quantitative estimate of drug-likeness (QED) is 0.798. The second-order valence-corrected chi connectivity index (χ2v) is 6.57. The molecular weight excluding hydrogens is 316 g/mol. The predicted molar refractivity (Wildman–Crippen MR) is 86.7 cm³/mol. The summed E-state index contributed by atoms with van der Waals surface area (Å²) in [5, 5.41) is 9.08. The summed E-state index contributed by atoms with van der Waals surface area (Å²) in [6.07, 6.45) is 2.00. The molecule has 0 bridgehead atoms. The SMILES string of the molecule is O=C(C1CC1)N1CC(N(Cc2ccc(CO)cc2)C(=O)CCl)C1. The molecule has 5 nitrogen and oxygen atoms in total. The largest absolute Gasteiger partial charge is 0.392 e. The molecule has 0 unspecified atom stereocenters. The van der Waals surface area contributed by atoms with E-state index in [0.717, 1.165) is 24.0 Å². The summed E-state index contributed by atoms with van der Waals surface area (Å²) in [5.41, 5.74) is 1.83. The number of carbonyl (C=O) groups is 2. The van der Waals surface area contributed by atoms with E-state index >= 15 is 0 Å². The Labute approximate surface area is 140 Å². The smallest absolute Gasteiger partial charge is 0.238 e. The van der Waals surface area contributed by atoms with E-state index in [9.17, 15) is 9.59 Å². The molecule has 1 heterocycles. The van der Waals surface area contributed by atoms with Crippen molar-refractivity contribution in [1.29, 1.82) is 0 Å². The summed E-state index contributed by atoms with van der Waals surface area (Å²) >= 11 is 5.74. The highest BCUT2D eigenvalue weighted by atomic mass is 35.5. The van der Waals surface area contributed by atoms with E-state index in [0.29, 0.717) is 19.6 Å². The zero-order chi connectivity index (χ0) is 16.4. The van der Waals surface area contributed by atoms with Crippen molar-refractivity contribution in [3.63, 3.8) is 0 Å². The van der Waals surface area contributed by atoms with Crippen LogP contribution in [0.1, 0.15) is 24.0 Å². The van der Waals surface area contributed by atoms with Crippen molar-refractivity contribution in [2.24, 2.45) is 5.92 Å². The number of nitrogens with zero attached hydrogens (tertiary/aromatic N) is 2. The number of alkyl halides is 1. The first kappa shape index (κ1) is 16.3. The number of aliphatic hydroxyl groups excluding tert-OH is 1. The fraction of sp³-hybridized carbons (Fsp3) is 0.529. The second kappa shape index (κ2) is 6.89. The van der Waals surface area contributed by atoms with Crippen molar-refractivity contribution < 1.29 is 14.7 Å². The van der Waals surface area contributed by atoms with Crippen molar-refractivity contribution in [1.82, 2.24) is 9.80 Å². The average molecular weight is 337 g/mol. The first-order chi connectivity index (χ1) is 11.1. The Morgan fingerprint density at radius 2 is 1.78 bits per heavy atom. The van der Waals surface area contributed by atoms with Crippen LogP contribution in [-0.4, -0.2) is 51.7 Å². The van der Waals surface area contributed by atoms with Crippen molar-refractivity contribution in [3.05, 3.63) is 35.4 Å². The summed E-state index contributed by atoms with van der Waals surface area (Å²) in [4.78, 5) is 27.7. The molecule has 0 radical (unpaired) electrons. The first-order valence-corrected chi connectivity index (χ1v) is 8.48. The van der Waals surface area contributed by atoms with Gasteiger partial charge in [-0.15, -0.1) is 11.6 Å². The molecule has 1 aromatic carbocycles. The molecular formula is C17H21ClN2O3. The standard InChI is InChI=1S/C17H21ClN2O3/c18-7-16(22)20(8-12-1-3-13(11-21)4-2-12)15-9-19(10-15)17(23)14-5-6-14/h1-4,14-15,21H,5-11H2. The molecule has 2 fully saturated rings. The molecule has 2 amide bonds. The van der Waals surface area contributed by atoms with E-state index in [4.69, 9.17) is 16.7 Å². The van der Waals surface area contributed by atoms with Gasteiger partial charge in [0.25, 0.3) is 0 Å². The molecule has 1 saturated heterocycles. The molecule has 1 aliphatic carbocycles. The molecule has 0 spiro atoms. The van der Waals surface area contributed by atoms with Gasteiger partial charge in [0.1, 0.15) is 5.88 Å². The minimum Gasteiger partial charge on any atom is -0.392 e. The van der Waals surface area contributed by atoms with Crippen LogP contribution in [0.5, 0.6) is 0 Å². The van der Waals surface area contributed by atoms with Gasteiger partial charge in [-0.1, -0.05) is 24.3 Å². The van der Waals surface area contributed by atoms with Crippen molar-refractivity contribution >= 4 is 23.4 Å². The number of amides is 2. The number of hydrogen-bond donors (Lipinski definition) is 1. The Morgan fingerprint density at radius 3 is 2.30 bits per heavy atom. The number of aliphatic hydroxyl groups is 1. The van der Waals surface area contributed by atoms with E-state index in [1.807, 2.05) is 29.2 Å². The van der Waals surface area contributed by atoms with E-state index in [2.05, 4.69) is 0 Å². The minimum absolute atomic E-state index is 0.00542. The molecule has 0 atom stereocenters. The molecule has 2 aliphatic rings. The van der Waals surface area contributed by atoms with Crippen LogP contribution >= 0.6 is 11.6 Å². The predicted octanol–water partition coefficient (Wildman–Crippen LogP) is 1.37.